The smallest absolute Gasteiger partial charge is 0.397 e. The summed E-state index contributed by atoms with van der Waals surface area (Å²) >= 11 is 0. The average molecular weight is 401 g/mol. The van der Waals surface area contributed by atoms with Crippen LogP contribution in [0.5, 0.6) is 0 Å². The number of hydrogen-bond donors (Lipinski definition) is 1. The molecule has 0 amide bonds. The predicted molar refractivity (Wildman–Crippen MR) is 107 cm³/mol. The summed E-state index contributed by atoms with van der Waals surface area (Å²) in [5.41, 5.74) is 5.49. The zero-order valence-corrected chi connectivity index (χ0v) is 17.9. The molecule has 0 heterocycles. The van der Waals surface area contributed by atoms with Crippen LogP contribution in [0.1, 0.15) is 32.8 Å². The summed E-state index contributed by atoms with van der Waals surface area (Å²) in [6.45, 7) is 6.32. The molecule has 3 rings (SSSR count). The first-order valence-corrected chi connectivity index (χ1v) is 7.06. The van der Waals surface area contributed by atoms with E-state index >= 15 is 0 Å². The van der Waals surface area contributed by atoms with Crippen molar-refractivity contribution in [2.45, 2.75) is 27.2 Å². The Morgan fingerprint density at radius 1 is 1.04 bits per heavy atom. The molecular weight excluding hydrogens is 375 g/mol. The fourth-order valence-electron chi connectivity index (χ4n) is 2.40. The summed E-state index contributed by atoms with van der Waals surface area (Å²) in [4.78, 5) is 0. The van der Waals surface area contributed by atoms with Crippen molar-refractivity contribution in [2.24, 2.45) is 0 Å². The molecule has 130 valence electrons. The van der Waals surface area contributed by atoms with Crippen LogP contribution in [0.15, 0.2) is 53.6 Å². The monoisotopic (exact) mass is 400 g/mol. The summed E-state index contributed by atoms with van der Waals surface area (Å²) in [5, 5.41) is 10.0. The van der Waals surface area contributed by atoms with Crippen LogP contribution in [-0.4, -0.2) is 11.7 Å². The standard InChI is InChI=1S/C17H15.C2H6O.CH3.2ClH.Ti/c1-12-7-10-17(13(12)2)16-9-8-14-5-3-4-6-15(14)11-16;1-2-3;;;;/h3-9H,10H2,1-2H3;3H,2H2,1H3;1H3;2*1H;/q-1;;-1;;;+2. The molecule has 0 aliphatic heterocycles. The minimum Gasteiger partial charge on any atom is -0.397 e. The van der Waals surface area contributed by atoms with Crippen LogP contribution in [0.3, 0.4) is 0 Å². The average Bonchev–Trinajstić information content (AvgIpc) is 2.79. The van der Waals surface area contributed by atoms with Gasteiger partial charge in [0.15, 0.2) is 0 Å². The van der Waals surface area contributed by atoms with Gasteiger partial charge in [-0.05, 0) is 27.2 Å². The fraction of sp³-hybridized carbons (Fsp3) is 0.250. The van der Waals surface area contributed by atoms with Crippen molar-refractivity contribution in [3.05, 3.63) is 72.7 Å². The minimum absolute atomic E-state index is 0. The maximum absolute atomic E-state index is 7.57. The molecule has 0 saturated carbocycles. The van der Waals surface area contributed by atoms with E-state index in [2.05, 4.69) is 62.4 Å². The zero-order valence-electron chi connectivity index (χ0n) is 14.7. The van der Waals surface area contributed by atoms with Crippen LogP contribution in [-0.2, 0) is 21.7 Å². The van der Waals surface area contributed by atoms with E-state index in [0.29, 0.717) is 0 Å². The maximum Gasteiger partial charge on any atom is 2.00 e. The molecule has 2 aromatic carbocycles. The number of fused-ring (bicyclic) bond motifs is 1. The summed E-state index contributed by atoms with van der Waals surface area (Å²) in [7, 11) is 0. The van der Waals surface area contributed by atoms with Gasteiger partial charge >= 0.3 is 21.7 Å². The van der Waals surface area contributed by atoms with E-state index in [9.17, 15) is 0 Å². The summed E-state index contributed by atoms with van der Waals surface area (Å²) in [5.74, 6) is 0. The Balaban J connectivity index is -0.000000590. The molecule has 2 aromatic rings. The molecule has 24 heavy (non-hydrogen) atoms. The number of aliphatic hydroxyl groups is 1. The van der Waals surface area contributed by atoms with Crippen molar-refractivity contribution >= 4 is 41.2 Å². The van der Waals surface area contributed by atoms with E-state index in [1.165, 1.54) is 33.1 Å². The van der Waals surface area contributed by atoms with Crippen LogP contribution in [0.2, 0.25) is 0 Å². The Bertz CT molecular complexity index is 678. The molecule has 0 fully saturated rings. The quantitative estimate of drug-likeness (QED) is 0.456. The second-order valence-corrected chi connectivity index (χ2v) is 4.97. The van der Waals surface area contributed by atoms with Gasteiger partial charge in [0.1, 0.15) is 0 Å². The third-order valence-electron chi connectivity index (χ3n) is 3.64. The number of hydrogen-bond acceptors (Lipinski definition) is 1. The van der Waals surface area contributed by atoms with Gasteiger partial charge < -0.3 is 12.5 Å². The first kappa shape index (κ1) is 28.2. The third-order valence-corrected chi connectivity index (χ3v) is 3.64. The first-order chi connectivity index (χ1) is 9.67. The largest absolute Gasteiger partial charge is 2.00 e. The van der Waals surface area contributed by atoms with Crippen LogP contribution < -0.4 is 0 Å². The molecule has 0 radical (unpaired) electrons. The first-order valence-electron chi connectivity index (χ1n) is 7.06. The van der Waals surface area contributed by atoms with Gasteiger partial charge in [0.05, 0.1) is 0 Å². The van der Waals surface area contributed by atoms with Gasteiger partial charge in [-0.25, -0.2) is 0 Å². The Kier molecular flexibility index (Phi) is 16.1. The molecule has 1 N–H and O–H groups in total. The molecule has 0 atom stereocenters. The van der Waals surface area contributed by atoms with Gasteiger partial charge in [-0.2, -0.15) is 0 Å². The second-order valence-electron chi connectivity index (χ2n) is 4.97. The molecule has 1 aliphatic carbocycles. The van der Waals surface area contributed by atoms with Gasteiger partial charge in [0, 0.05) is 6.61 Å². The van der Waals surface area contributed by atoms with Crippen LogP contribution in [0.25, 0.3) is 16.3 Å². The molecule has 1 aliphatic rings. The van der Waals surface area contributed by atoms with Crippen molar-refractivity contribution in [1.29, 1.82) is 0 Å². The van der Waals surface area contributed by atoms with E-state index < -0.39 is 0 Å². The molecular formula is C20H26Cl2OTi. The predicted octanol–water partition coefficient (Wildman–Crippen LogP) is 6.05. The normalized spacial score (nSPS) is 11.8. The number of benzene rings is 2. The van der Waals surface area contributed by atoms with E-state index in [1.54, 1.807) is 6.92 Å². The molecule has 0 bridgehead atoms. The molecule has 0 saturated heterocycles. The summed E-state index contributed by atoms with van der Waals surface area (Å²) in [6.07, 6.45) is 3.35. The zero-order chi connectivity index (χ0) is 14.5. The van der Waals surface area contributed by atoms with Crippen molar-refractivity contribution in [3.8, 4) is 0 Å². The summed E-state index contributed by atoms with van der Waals surface area (Å²) in [6, 6.07) is 16.3. The number of halogens is 2. The fourth-order valence-corrected chi connectivity index (χ4v) is 2.40. The number of rotatable bonds is 1. The van der Waals surface area contributed by atoms with Gasteiger partial charge in [0.25, 0.3) is 0 Å². The topological polar surface area (TPSA) is 20.2 Å². The Morgan fingerprint density at radius 3 is 2.17 bits per heavy atom. The maximum atomic E-state index is 7.57. The van der Waals surface area contributed by atoms with Crippen molar-refractivity contribution in [3.63, 3.8) is 0 Å². The third kappa shape index (κ3) is 6.74. The molecule has 0 spiro atoms. The van der Waals surface area contributed by atoms with E-state index in [4.69, 9.17) is 5.11 Å². The van der Waals surface area contributed by atoms with Crippen LogP contribution in [0, 0.1) is 13.5 Å². The van der Waals surface area contributed by atoms with Crippen molar-refractivity contribution in [2.75, 3.05) is 6.61 Å². The van der Waals surface area contributed by atoms with Gasteiger partial charge in [0.2, 0.25) is 0 Å². The Labute approximate surface area is 173 Å². The van der Waals surface area contributed by atoms with E-state index in [0.717, 1.165) is 6.42 Å². The Morgan fingerprint density at radius 2 is 1.62 bits per heavy atom. The summed E-state index contributed by atoms with van der Waals surface area (Å²) < 4.78 is 0. The van der Waals surface area contributed by atoms with Crippen LogP contribution in [0.4, 0.5) is 0 Å². The number of allylic oxidation sites excluding steroid dienone is 4. The molecule has 0 unspecified atom stereocenters. The van der Waals surface area contributed by atoms with Gasteiger partial charge in [-0.15, -0.1) is 60.0 Å². The van der Waals surface area contributed by atoms with E-state index in [1.807, 2.05) is 0 Å². The van der Waals surface area contributed by atoms with Crippen molar-refractivity contribution < 1.29 is 26.8 Å². The molecule has 4 heteroatoms. The minimum atomic E-state index is 0. The van der Waals surface area contributed by atoms with Crippen molar-refractivity contribution in [1.82, 2.24) is 0 Å². The molecule has 1 nitrogen and oxygen atoms in total. The SMILES string of the molecule is CC1=CCC(c2[c-]c3ccccc3cc2)=C1C.CCO.Cl.Cl.[CH3-].[Ti+2]. The van der Waals surface area contributed by atoms with E-state index in [-0.39, 0.29) is 60.6 Å². The van der Waals surface area contributed by atoms with Crippen LogP contribution >= 0.6 is 24.8 Å². The number of aliphatic hydroxyl groups excluding tert-OH is 1. The Hall–Kier alpha value is -0.566. The molecule has 0 aromatic heterocycles. The second kappa shape index (κ2) is 13.7. The van der Waals surface area contributed by atoms with Gasteiger partial charge in [-0.3, -0.25) is 0 Å². The van der Waals surface area contributed by atoms with Gasteiger partial charge in [-0.1, -0.05) is 46.4 Å².